The Labute approximate surface area is 118 Å². The summed E-state index contributed by atoms with van der Waals surface area (Å²) in [6.45, 7) is 2.04. The van der Waals surface area contributed by atoms with Crippen molar-refractivity contribution in [3.05, 3.63) is 65.2 Å². The lowest BCUT2D eigenvalue weighted by atomic mass is 10.2. The average Bonchev–Trinajstić information content (AvgIpc) is 2.82. The van der Waals surface area contributed by atoms with E-state index < -0.39 is 0 Å². The summed E-state index contributed by atoms with van der Waals surface area (Å²) < 4.78 is 2.25. The summed E-state index contributed by atoms with van der Waals surface area (Å²) in [6, 6.07) is 18.7. The zero-order chi connectivity index (χ0) is 13.9. The molecule has 0 fully saturated rings. The molecule has 96 valence electrons. The lowest BCUT2D eigenvalue weighted by Gasteiger charge is -2.05. The molecular weight excluding hydrogens is 242 g/mol. The van der Waals surface area contributed by atoms with E-state index in [-0.39, 0.29) is 0 Å². The highest BCUT2D eigenvalue weighted by Gasteiger charge is 2.07. The molecule has 0 unspecified atom stereocenters. The maximum atomic E-state index is 5.49. The van der Waals surface area contributed by atoms with Crippen LogP contribution in [0.1, 0.15) is 6.92 Å². The molecule has 0 amide bonds. The van der Waals surface area contributed by atoms with Gasteiger partial charge in [0.2, 0.25) is 0 Å². The summed E-state index contributed by atoms with van der Waals surface area (Å²) in [7, 11) is 0. The quantitative estimate of drug-likeness (QED) is 0.591. The van der Waals surface area contributed by atoms with Gasteiger partial charge in [0.15, 0.2) is 0 Å². The van der Waals surface area contributed by atoms with Crippen LogP contribution in [0.3, 0.4) is 0 Å². The predicted octanol–water partition coefficient (Wildman–Crippen LogP) is 2.84. The van der Waals surface area contributed by atoms with Crippen LogP contribution in [0.5, 0.6) is 0 Å². The van der Waals surface area contributed by atoms with Gasteiger partial charge in [-0.1, -0.05) is 48.4 Å². The molecule has 0 atom stereocenters. The molecule has 0 aliphatic rings. The Morgan fingerprint density at radius 1 is 1.00 bits per heavy atom. The summed E-state index contributed by atoms with van der Waals surface area (Å²) >= 11 is 0. The standard InChI is InChI=1S/C19H15N/c1-3-10-16-17-13-8-9-14-19(17)20(18(16)4-2)15-11-6-5-7-12-15/h1,4-14H,2H3/b16-10-,18-4+. The Bertz CT molecular complexity index is 906. The Kier molecular flexibility index (Phi) is 3.15. The highest BCUT2D eigenvalue weighted by Crippen LogP contribution is 2.14. The Morgan fingerprint density at radius 2 is 1.70 bits per heavy atom. The summed E-state index contributed by atoms with van der Waals surface area (Å²) in [5, 5.41) is 3.42. The second kappa shape index (κ2) is 5.11. The van der Waals surface area contributed by atoms with Crippen molar-refractivity contribution in [2.45, 2.75) is 6.92 Å². The zero-order valence-electron chi connectivity index (χ0n) is 11.4. The predicted molar refractivity (Wildman–Crippen MR) is 86.0 cm³/mol. The van der Waals surface area contributed by atoms with Crippen LogP contribution < -0.4 is 10.6 Å². The van der Waals surface area contributed by atoms with E-state index in [1.54, 1.807) is 0 Å². The van der Waals surface area contributed by atoms with E-state index in [2.05, 4.69) is 46.9 Å². The summed E-state index contributed by atoms with van der Waals surface area (Å²) in [4.78, 5) is 0. The molecule has 0 radical (unpaired) electrons. The van der Waals surface area contributed by atoms with E-state index in [9.17, 15) is 0 Å². The van der Waals surface area contributed by atoms with Crippen molar-refractivity contribution in [1.29, 1.82) is 0 Å². The van der Waals surface area contributed by atoms with E-state index >= 15 is 0 Å². The Morgan fingerprint density at radius 3 is 2.40 bits per heavy atom. The topological polar surface area (TPSA) is 4.93 Å². The normalized spacial score (nSPS) is 12.8. The van der Waals surface area contributed by atoms with Crippen molar-refractivity contribution in [2.24, 2.45) is 0 Å². The first-order valence-electron chi connectivity index (χ1n) is 6.64. The number of nitrogens with zero attached hydrogens (tertiary/aromatic N) is 1. The van der Waals surface area contributed by atoms with E-state index in [4.69, 9.17) is 6.42 Å². The van der Waals surface area contributed by atoms with Crippen molar-refractivity contribution >= 4 is 23.1 Å². The number of aromatic nitrogens is 1. The van der Waals surface area contributed by atoms with E-state index in [0.29, 0.717) is 0 Å². The van der Waals surface area contributed by atoms with Crippen LogP contribution >= 0.6 is 0 Å². The van der Waals surface area contributed by atoms with Gasteiger partial charge in [-0.25, -0.2) is 0 Å². The van der Waals surface area contributed by atoms with Crippen LogP contribution in [0, 0.1) is 12.3 Å². The van der Waals surface area contributed by atoms with Crippen LogP contribution in [0.4, 0.5) is 0 Å². The first-order valence-corrected chi connectivity index (χ1v) is 6.64. The molecule has 3 aromatic rings. The molecule has 2 aromatic carbocycles. The van der Waals surface area contributed by atoms with Crippen LogP contribution in [-0.2, 0) is 0 Å². The monoisotopic (exact) mass is 257 g/mol. The third-order valence-electron chi connectivity index (χ3n) is 3.47. The van der Waals surface area contributed by atoms with Crippen molar-refractivity contribution < 1.29 is 0 Å². The van der Waals surface area contributed by atoms with Crippen molar-refractivity contribution in [2.75, 3.05) is 0 Å². The summed E-state index contributed by atoms with van der Waals surface area (Å²) in [5.74, 6) is 2.66. The molecule has 1 heterocycles. The van der Waals surface area contributed by atoms with Crippen molar-refractivity contribution in [3.8, 4) is 18.0 Å². The smallest absolute Gasteiger partial charge is 0.0541 e. The molecule has 3 rings (SSSR count). The molecule has 1 heteroatoms. The van der Waals surface area contributed by atoms with Crippen LogP contribution in [0.25, 0.3) is 28.7 Å². The zero-order valence-corrected chi connectivity index (χ0v) is 11.4. The molecule has 1 nitrogen and oxygen atoms in total. The van der Waals surface area contributed by atoms with E-state index in [1.165, 1.54) is 10.9 Å². The number of fused-ring (bicyclic) bond motifs is 1. The van der Waals surface area contributed by atoms with Gasteiger partial charge in [-0.3, -0.25) is 0 Å². The number of rotatable bonds is 1. The molecule has 0 saturated heterocycles. The van der Waals surface area contributed by atoms with Gasteiger partial charge in [-0.2, -0.15) is 0 Å². The number of hydrogen-bond donors (Lipinski definition) is 0. The van der Waals surface area contributed by atoms with Crippen molar-refractivity contribution in [1.82, 2.24) is 4.57 Å². The minimum Gasteiger partial charge on any atom is -0.310 e. The summed E-state index contributed by atoms with van der Waals surface area (Å²) in [6.07, 6.45) is 9.45. The molecular formula is C19H15N. The molecule has 0 spiro atoms. The van der Waals surface area contributed by atoms with Crippen LogP contribution in [0.15, 0.2) is 54.6 Å². The number of para-hydroxylation sites is 2. The molecule has 0 saturated carbocycles. The molecule has 0 bridgehead atoms. The first kappa shape index (κ1) is 12.3. The van der Waals surface area contributed by atoms with Gasteiger partial charge < -0.3 is 4.57 Å². The maximum absolute atomic E-state index is 5.49. The molecule has 0 N–H and O–H groups in total. The third-order valence-corrected chi connectivity index (χ3v) is 3.47. The van der Waals surface area contributed by atoms with Gasteiger partial charge in [0.05, 0.1) is 10.9 Å². The SMILES string of the molecule is C#C/C=c1\c(=C/C)n(-c2ccccc2)c2ccccc12. The van der Waals surface area contributed by atoms with Gasteiger partial charge in [0, 0.05) is 16.3 Å². The van der Waals surface area contributed by atoms with Gasteiger partial charge >= 0.3 is 0 Å². The van der Waals surface area contributed by atoms with Gasteiger partial charge in [-0.15, -0.1) is 6.42 Å². The molecule has 0 aliphatic carbocycles. The van der Waals surface area contributed by atoms with E-state index in [1.807, 2.05) is 37.3 Å². The fourth-order valence-corrected chi connectivity index (χ4v) is 2.66. The van der Waals surface area contributed by atoms with Gasteiger partial charge in [0.25, 0.3) is 0 Å². The Hall–Kier alpha value is -2.72. The second-order valence-electron chi connectivity index (χ2n) is 4.59. The Balaban J connectivity index is 2.57. The van der Waals surface area contributed by atoms with Crippen molar-refractivity contribution in [3.63, 3.8) is 0 Å². The fraction of sp³-hybridized carbons (Fsp3) is 0.0526. The highest BCUT2D eigenvalue weighted by molar-refractivity contribution is 5.84. The largest absolute Gasteiger partial charge is 0.310 e. The highest BCUT2D eigenvalue weighted by atomic mass is 15.0. The van der Waals surface area contributed by atoms with Crippen LogP contribution in [-0.4, -0.2) is 4.57 Å². The second-order valence-corrected chi connectivity index (χ2v) is 4.59. The van der Waals surface area contributed by atoms with Gasteiger partial charge in [0.1, 0.15) is 0 Å². The number of benzene rings is 2. The third kappa shape index (κ3) is 1.83. The minimum absolute atomic E-state index is 1.11. The lowest BCUT2D eigenvalue weighted by Crippen LogP contribution is -2.27. The molecule has 1 aromatic heterocycles. The average molecular weight is 257 g/mol. The van der Waals surface area contributed by atoms with Gasteiger partial charge in [-0.05, 0) is 31.2 Å². The molecule has 20 heavy (non-hydrogen) atoms. The number of terminal acetylenes is 1. The lowest BCUT2D eigenvalue weighted by molar-refractivity contribution is 1.07. The van der Waals surface area contributed by atoms with E-state index in [0.717, 1.165) is 16.3 Å². The van der Waals surface area contributed by atoms with Crippen LogP contribution in [0.2, 0.25) is 0 Å². The summed E-state index contributed by atoms with van der Waals surface area (Å²) in [5.41, 5.74) is 2.32. The number of hydrogen-bond acceptors (Lipinski definition) is 0. The fourth-order valence-electron chi connectivity index (χ4n) is 2.66. The maximum Gasteiger partial charge on any atom is 0.0541 e. The first-order chi connectivity index (χ1) is 9.86. The molecule has 0 aliphatic heterocycles. The minimum atomic E-state index is 1.11.